The highest BCUT2D eigenvalue weighted by Gasteiger charge is 2.84. The molecule has 7 aliphatic carbocycles. The topological polar surface area (TPSA) is 80.6 Å². The largest absolute Gasteiger partial charge is 0.390 e. The average molecular weight is 712 g/mol. The van der Waals surface area contributed by atoms with Gasteiger partial charge in [0.25, 0.3) is 0 Å². The fourth-order valence-electron chi connectivity index (χ4n) is 16.7. The molecule has 9 rings (SSSR count). The van der Waals surface area contributed by atoms with E-state index in [0.29, 0.717) is 41.1 Å². The molecule has 9 fully saturated rings. The SMILES string of the molecule is CCO[C@@H]([C@H]1C[C@@H](C)[C@H]2[C@H](O1)[C@H](O)[C@@]1(C)[C@@H]3CC[C@H]4C(C)(C)[C@@H](O[C@H]5CN(C6CC7CCC(C7)C6)CCO5)CC[C@@]45C[C@@]35CC[C@]21C)C(C)(C)O. The first-order valence-electron chi connectivity index (χ1n) is 21.8. The lowest BCUT2D eigenvalue weighted by Gasteiger charge is -2.64. The molecule has 0 aromatic heterocycles. The highest BCUT2D eigenvalue weighted by atomic mass is 16.7. The van der Waals surface area contributed by atoms with Gasteiger partial charge in [0.2, 0.25) is 0 Å². The molecule has 2 unspecified atom stereocenters. The third-order valence-electron chi connectivity index (χ3n) is 18.9. The number of hydrogen-bond donors (Lipinski definition) is 2. The third kappa shape index (κ3) is 5.05. The normalized spacial score (nSPS) is 55.2. The number of rotatable bonds is 7. The van der Waals surface area contributed by atoms with Crippen molar-refractivity contribution in [3.8, 4) is 0 Å². The van der Waals surface area contributed by atoms with E-state index in [1.54, 1.807) is 0 Å². The van der Waals surface area contributed by atoms with E-state index >= 15 is 0 Å². The van der Waals surface area contributed by atoms with Gasteiger partial charge in [-0.25, -0.2) is 0 Å². The van der Waals surface area contributed by atoms with Crippen molar-refractivity contribution in [1.82, 2.24) is 4.90 Å². The van der Waals surface area contributed by atoms with Crippen LogP contribution in [0.2, 0.25) is 0 Å². The average Bonchev–Trinajstić information content (AvgIpc) is 3.57. The predicted molar refractivity (Wildman–Crippen MR) is 198 cm³/mol. The van der Waals surface area contributed by atoms with Crippen molar-refractivity contribution in [2.45, 2.75) is 187 Å². The minimum absolute atomic E-state index is 0.0295. The van der Waals surface area contributed by atoms with E-state index < -0.39 is 17.8 Å². The van der Waals surface area contributed by atoms with Gasteiger partial charge >= 0.3 is 0 Å². The van der Waals surface area contributed by atoms with E-state index in [-0.39, 0.29) is 40.8 Å². The van der Waals surface area contributed by atoms with Crippen LogP contribution in [0.1, 0.15) is 139 Å². The number of aliphatic hydroxyl groups is 2. The van der Waals surface area contributed by atoms with E-state index in [2.05, 4.69) is 39.5 Å². The zero-order chi connectivity index (χ0) is 35.9. The Morgan fingerprint density at radius 3 is 2.31 bits per heavy atom. The Kier molecular flexibility index (Phi) is 8.63. The molecule has 0 aromatic carbocycles. The minimum atomic E-state index is -1.01. The standard InChI is InChI=1S/C44H73NO6/c1-9-48-38(40(5,6)47)30-20-26(2)35-36(50-30)37(46)42(8)32-13-12-31-39(3,4)33(14-15-43(31)25-44(32,43)17-16-41(35,42)7)51-34-24-45(18-19-49-34)29-22-27-10-11-28(21-27)23-29/h26-38,46-47H,9-25H2,1-8H3/t26-,27?,28?,29?,30-,31+,32+,33+,34+,35+,36+,37+,38+,41-,42-,43-,44+/m1/s1. The zero-order valence-electron chi connectivity index (χ0n) is 33.5. The van der Waals surface area contributed by atoms with Crippen LogP contribution in [-0.4, -0.2) is 89.9 Å². The van der Waals surface area contributed by atoms with Gasteiger partial charge in [-0.3, -0.25) is 4.90 Å². The summed E-state index contributed by atoms with van der Waals surface area (Å²) in [5.74, 6) is 3.80. The van der Waals surface area contributed by atoms with Crippen molar-refractivity contribution < 1.29 is 29.2 Å². The molecule has 0 radical (unpaired) electrons. The van der Waals surface area contributed by atoms with Gasteiger partial charge in [0.15, 0.2) is 6.29 Å². The van der Waals surface area contributed by atoms with E-state index in [9.17, 15) is 10.2 Å². The number of aliphatic hydroxyl groups excluding tert-OH is 1. The highest BCUT2D eigenvalue weighted by molar-refractivity contribution is 5.33. The van der Waals surface area contributed by atoms with E-state index in [1.807, 2.05) is 20.8 Å². The van der Waals surface area contributed by atoms with Crippen molar-refractivity contribution in [2.24, 2.45) is 62.6 Å². The Morgan fingerprint density at radius 2 is 1.61 bits per heavy atom. The maximum absolute atomic E-state index is 12.7. The second kappa shape index (κ2) is 12.1. The van der Waals surface area contributed by atoms with Gasteiger partial charge in [0.05, 0.1) is 36.6 Å². The first kappa shape index (κ1) is 36.4. The molecule has 2 heterocycles. The van der Waals surface area contributed by atoms with Crippen LogP contribution in [0.25, 0.3) is 0 Å². The molecule has 290 valence electrons. The maximum atomic E-state index is 12.7. The molecule has 16 atom stereocenters. The number of hydrogen-bond acceptors (Lipinski definition) is 7. The van der Waals surface area contributed by atoms with Gasteiger partial charge < -0.3 is 29.2 Å². The van der Waals surface area contributed by atoms with Crippen LogP contribution in [0.4, 0.5) is 0 Å². The first-order valence-corrected chi connectivity index (χ1v) is 21.8. The molecule has 7 heteroatoms. The van der Waals surface area contributed by atoms with Crippen LogP contribution in [0.15, 0.2) is 0 Å². The summed E-state index contributed by atoms with van der Waals surface area (Å²) in [5.41, 5.74) is -0.377. The summed E-state index contributed by atoms with van der Waals surface area (Å²) in [5, 5.41) is 23.8. The smallest absolute Gasteiger partial charge is 0.170 e. The van der Waals surface area contributed by atoms with E-state index in [4.69, 9.17) is 18.9 Å². The molecule has 0 amide bonds. The molecule has 2 saturated heterocycles. The van der Waals surface area contributed by atoms with Gasteiger partial charge in [0, 0.05) is 31.2 Å². The van der Waals surface area contributed by atoms with Crippen LogP contribution >= 0.6 is 0 Å². The number of morpholine rings is 1. The molecule has 7 nitrogen and oxygen atoms in total. The molecule has 2 aliphatic heterocycles. The van der Waals surface area contributed by atoms with E-state index in [1.165, 1.54) is 70.6 Å². The molecular formula is C44H73NO6. The van der Waals surface area contributed by atoms with Gasteiger partial charge in [-0.05, 0) is 149 Å². The quantitative estimate of drug-likeness (QED) is 0.282. The molecular weight excluding hydrogens is 638 g/mol. The molecule has 7 saturated carbocycles. The molecule has 2 N–H and O–H groups in total. The fraction of sp³-hybridized carbons (Fsp3) is 1.00. The van der Waals surface area contributed by atoms with Crippen LogP contribution in [-0.2, 0) is 18.9 Å². The summed E-state index contributed by atoms with van der Waals surface area (Å²) >= 11 is 0. The second-order valence-corrected chi connectivity index (χ2v) is 21.7. The summed E-state index contributed by atoms with van der Waals surface area (Å²) < 4.78 is 26.6. The van der Waals surface area contributed by atoms with Crippen molar-refractivity contribution >= 4 is 0 Å². The molecule has 51 heavy (non-hydrogen) atoms. The minimum Gasteiger partial charge on any atom is -0.390 e. The van der Waals surface area contributed by atoms with E-state index in [0.717, 1.165) is 50.4 Å². The highest BCUT2D eigenvalue weighted by Crippen LogP contribution is 2.89. The molecule has 2 spiro atoms. The van der Waals surface area contributed by atoms with Crippen molar-refractivity contribution in [2.75, 3.05) is 26.3 Å². The molecule has 9 aliphatic rings. The van der Waals surface area contributed by atoms with Crippen LogP contribution in [0.5, 0.6) is 0 Å². The third-order valence-corrected chi connectivity index (χ3v) is 18.9. The van der Waals surface area contributed by atoms with Crippen LogP contribution < -0.4 is 0 Å². The summed E-state index contributed by atoms with van der Waals surface area (Å²) in [6, 6.07) is 0.732. The Morgan fingerprint density at radius 1 is 0.902 bits per heavy atom. The Bertz CT molecular complexity index is 1320. The van der Waals surface area contributed by atoms with Crippen molar-refractivity contribution in [3.05, 3.63) is 0 Å². The van der Waals surface area contributed by atoms with Crippen molar-refractivity contribution in [3.63, 3.8) is 0 Å². The van der Waals surface area contributed by atoms with Crippen LogP contribution in [0.3, 0.4) is 0 Å². The first-order chi connectivity index (χ1) is 24.1. The monoisotopic (exact) mass is 712 g/mol. The lowest BCUT2D eigenvalue weighted by Crippen LogP contribution is -2.60. The number of fused-ring (bicyclic) bond motifs is 6. The van der Waals surface area contributed by atoms with Crippen LogP contribution in [0, 0.1) is 62.6 Å². The van der Waals surface area contributed by atoms with Gasteiger partial charge in [-0.2, -0.15) is 0 Å². The summed E-state index contributed by atoms with van der Waals surface area (Å²) in [6.07, 6.45) is 15.5. The van der Waals surface area contributed by atoms with Crippen molar-refractivity contribution in [1.29, 1.82) is 0 Å². The Hall–Kier alpha value is -0.280. The maximum Gasteiger partial charge on any atom is 0.170 e. The summed E-state index contributed by atoms with van der Waals surface area (Å²) in [4.78, 5) is 2.75. The number of ether oxygens (including phenoxy) is 4. The van der Waals surface area contributed by atoms with Gasteiger partial charge in [-0.1, -0.05) is 47.5 Å². The number of nitrogens with zero attached hydrogens (tertiary/aromatic N) is 1. The fourth-order valence-corrected chi connectivity index (χ4v) is 16.7. The lowest BCUT2D eigenvalue weighted by atomic mass is 9.41. The predicted octanol–water partition coefficient (Wildman–Crippen LogP) is 7.60. The second-order valence-electron chi connectivity index (χ2n) is 21.7. The van der Waals surface area contributed by atoms with Gasteiger partial charge in [0.1, 0.15) is 6.10 Å². The Labute approximate surface area is 309 Å². The zero-order valence-corrected chi connectivity index (χ0v) is 33.5. The summed E-state index contributed by atoms with van der Waals surface area (Å²) in [6.45, 7) is 21.5. The molecule has 0 aromatic rings. The summed E-state index contributed by atoms with van der Waals surface area (Å²) in [7, 11) is 0. The molecule has 2 bridgehead atoms. The van der Waals surface area contributed by atoms with Gasteiger partial charge in [-0.15, -0.1) is 0 Å². The Balaban J connectivity index is 0.922. The lowest BCUT2D eigenvalue weighted by molar-refractivity contribution is -0.252.